The second-order valence-electron chi connectivity index (χ2n) is 7.42. The van der Waals surface area contributed by atoms with Crippen LogP contribution in [-0.2, 0) is 0 Å². The highest BCUT2D eigenvalue weighted by molar-refractivity contribution is 6.33. The third-order valence-corrected chi connectivity index (χ3v) is 5.45. The van der Waals surface area contributed by atoms with Gasteiger partial charge in [0.2, 0.25) is 0 Å². The van der Waals surface area contributed by atoms with Crippen LogP contribution >= 0.6 is 11.6 Å². The SMILES string of the molecule is Nc1cc(Cl)c(-c2ccc(N)c(C(=O)Nc3cnccc3N3CCC[C@H](N)C3)n2)cn1. The lowest BCUT2D eigenvalue weighted by molar-refractivity contribution is 0.102. The van der Waals surface area contributed by atoms with E-state index in [0.717, 1.165) is 25.1 Å². The number of amides is 1. The Morgan fingerprint density at radius 3 is 2.84 bits per heavy atom. The number of aromatic nitrogens is 3. The summed E-state index contributed by atoms with van der Waals surface area (Å²) in [6.45, 7) is 1.57. The molecule has 0 aromatic carbocycles. The van der Waals surface area contributed by atoms with Gasteiger partial charge in [-0.2, -0.15) is 0 Å². The molecule has 0 saturated carbocycles. The summed E-state index contributed by atoms with van der Waals surface area (Å²) in [5, 5.41) is 3.27. The van der Waals surface area contributed by atoms with Gasteiger partial charge in [0.15, 0.2) is 5.69 Å². The molecule has 160 valence electrons. The van der Waals surface area contributed by atoms with Crippen LogP contribution in [0.5, 0.6) is 0 Å². The quantitative estimate of drug-likeness (QED) is 0.485. The van der Waals surface area contributed by atoms with E-state index in [0.29, 0.717) is 34.3 Å². The van der Waals surface area contributed by atoms with Crippen molar-refractivity contribution in [3.05, 3.63) is 53.6 Å². The first-order valence-electron chi connectivity index (χ1n) is 9.86. The summed E-state index contributed by atoms with van der Waals surface area (Å²) in [6.07, 6.45) is 6.78. The highest BCUT2D eigenvalue weighted by Gasteiger charge is 2.21. The van der Waals surface area contributed by atoms with Crippen molar-refractivity contribution in [2.75, 3.05) is 34.8 Å². The van der Waals surface area contributed by atoms with E-state index in [4.69, 9.17) is 28.8 Å². The Bertz CT molecular complexity index is 1120. The number of carbonyl (C=O) groups excluding carboxylic acids is 1. The van der Waals surface area contributed by atoms with Crippen molar-refractivity contribution in [1.29, 1.82) is 0 Å². The number of carbonyl (C=O) groups is 1. The monoisotopic (exact) mass is 438 g/mol. The Labute approximate surface area is 184 Å². The summed E-state index contributed by atoms with van der Waals surface area (Å²) in [6, 6.07) is 6.77. The van der Waals surface area contributed by atoms with E-state index in [-0.39, 0.29) is 17.4 Å². The van der Waals surface area contributed by atoms with Crippen molar-refractivity contribution in [3.8, 4) is 11.3 Å². The lowest BCUT2D eigenvalue weighted by Gasteiger charge is -2.33. The fourth-order valence-electron chi connectivity index (χ4n) is 3.61. The number of hydrogen-bond donors (Lipinski definition) is 4. The Balaban J connectivity index is 1.63. The number of nitrogens with one attached hydrogen (secondary N) is 1. The van der Waals surface area contributed by atoms with Gasteiger partial charge in [-0.05, 0) is 37.1 Å². The molecule has 0 bridgehead atoms. The van der Waals surface area contributed by atoms with E-state index >= 15 is 0 Å². The van der Waals surface area contributed by atoms with Crippen molar-refractivity contribution in [2.45, 2.75) is 18.9 Å². The van der Waals surface area contributed by atoms with Gasteiger partial charge in [-0.3, -0.25) is 9.78 Å². The number of piperidine rings is 1. The van der Waals surface area contributed by atoms with E-state index in [1.165, 1.54) is 12.3 Å². The number of nitrogens with two attached hydrogens (primary N) is 3. The Morgan fingerprint density at radius 1 is 1.23 bits per heavy atom. The molecule has 1 aliphatic heterocycles. The predicted molar refractivity (Wildman–Crippen MR) is 123 cm³/mol. The maximum Gasteiger partial charge on any atom is 0.276 e. The molecular formula is C21H23ClN8O. The smallest absolute Gasteiger partial charge is 0.276 e. The zero-order chi connectivity index (χ0) is 22.0. The molecule has 0 radical (unpaired) electrons. The molecular weight excluding hydrogens is 416 g/mol. The molecule has 1 fully saturated rings. The molecule has 0 unspecified atom stereocenters. The molecule has 1 saturated heterocycles. The largest absolute Gasteiger partial charge is 0.397 e. The van der Waals surface area contributed by atoms with Gasteiger partial charge in [0, 0.05) is 37.1 Å². The van der Waals surface area contributed by atoms with Crippen LogP contribution in [0.25, 0.3) is 11.3 Å². The first-order chi connectivity index (χ1) is 14.9. The third-order valence-electron chi connectivity index (χ3n) is 5.14. The molecule has 9 nitrogen and oxygen atoms in total. The molecule has 1 aliphatic rings. The molecule has 7 N–H and O–H groups in total. The summed E-state index contributed by atoms with van der Waals surface area (Å²) < 4.78 is 0. The van der Waals surface area contributed by atoms with E-state index in [1.54, 1.807) is 24.5 Å². The minimum absolute atomic E-state index is 0.0792. The number of nitrogen functional groups attached to an aromatic ring is 2. The van der Waals surface area contributed by atoms with Gasteiger partial charge in [0.05, 0.1) is 34.0 Å². The maximum atomic E-state index is 13.1. The molecule has 1 atom stereocenters. The molecule has 3 aromatic rings. The van der Waals surface area contributed by atoms with Gasteiger partial charge in [-0.15, -0.1) is 0 Å². The minimum atomic E-state index is -0.450. The van der Waals surface area contributed by atoms with Crippen LogP contribution in [0.4, 0.5) is 22.9 Å². The van der Waals surface area contributed by atoms with E-state index in [1.807, 2.05) is 6.07 Å². The number of anilines is 4. The van der Waals surface area contributed by atoms with E-state index < -0.39 is 5.91 Å². The van der Waals surface area contributed by atoms with Gasteiger partial charge < -0.3 is 27.4 Å². The van der Waals surface area contributed by atoms with Crippen LogP contribution < -0.4 is 27.4 Å². The average Bonchev–Trinajstić information content (AvgIpc) is 2.75. The molecule has 10 heteroatoms. The maximum absolute atomic E-state index is 13.1. The summed E-state index contributed by atoms with van der Waals surface area (Å²) >= 11 is 6.27. The Morgan fingerprint density at radius 2 is 2.06 bits per heavy atom. The van der Waals surface area contributed by atoms with Gasteiger partial charge in [0.25, 0.3) is 5.91 Å². The topological polar surface area (TPSA) is 149 Å². The number of hydrogen-bond acceptors (Lipinski definition) is 8. The van der Waals surface area contributed by atoms with Gasteiger partial charge in [0.1, 0.15) is 5.82 Å². The van der Waals surface area contributed by atoms with Crippen LogP contribution in [0.15, 0.2) is 42.9 Å². The van der Waals surface area contributed by atoms with Gasteiger partial charge >= 0.3 is 0 Å². The van der Waals surface area contributed by atoms with E-state index in [2.05, 4.69) is 25.2 Å². The fourth-order valence-corrected chi connectivity index (χ4v) is 3.86. The minimum Gasteiger partial charge on any atom is -0.397 e. The van der Waals surface area contributed by atoms with Crippen molar-refractivity contribution in [3.63, 3.8) is 0 Å². The molecule has 3 aromatic heterocycles. The van der Waals surface area contributed by atoms with Gasteiger partial charge in [-0.25, -0.2) is 9.97 Å². The van der Waals surface area contributed by atoms with Crippen molar-refractivity contribution in [2.24, 2.45) is 5.73 Å². The second-order valence-corrected chi connectivity index (χ2v) is 7.83. The van der Waals surface area contributed by atoms with Crippen LogP contribution in [0.1, 0.15) is 23.3 Å². The van der Waals surface area contributed by atoms with E-state index in [9.17, 15) is 4.79 Å². The van der Waals surface area contributed by atoms with Crippen LogP contribution in [-0.4, -0.2) is 40.0 Å². The zero-order valence-electron chi connectivity index (χ0n) is 16.8. The Kier molecular flexibility index (Phi) is 5.88. The molecule has 4 heterocycles. The lowest BCUT2D eigenvalue weighted by atomic mass is 10.1. The highest BCUT2D eigenvalue weighted by Crippen LogP contribution is 2.30. The number of nitrogens with zero attached hydrogens (tertiary/aromatic N) is 4. The summed E-state index contributed by atoms with van der Waals surface area (Å²) in [5.41, 5.74) is 20.6. The van der Waals surface area contributed by atoms with Crippen LogP contribution in [0.2, 0.25) is 5.02 Å². The van der Waals surface area contributed by atoms with Crippen molar-refractivity contribution in [1.82, 2.24) is 15.0 Å². The summed E-state index contributed by atoms with van der Waals surface area (Å²) in [5.74, 6) is -0.155. The van der Waals surface area contributed by atoms with Crippen LogP contribution in [0, 0.1) is 0 Å². The lowest BCUT2D eigenvalue weighted by Crippen LogP contribution is -2.43. The molecule has 0 aliphatic carbocycles. The average molecular weight is 439 g/mol. The molecule has 0 spiro atoms. The normalized spacial score (nSPS) is 16.2. The summed E-state index contributed by atoms with van der Waals surface area (Å²) in [4.78, 5) is 27.8. The van der Waals surface area contributed by atoms with Crippen molar-refractivity contribution >= 4 is 40.4 Å². The first kappa shape index (κ1) is 20.8. The highest BCUT2D eigenvalue weighted by atomic mass is 35.5. The second kappa shape index (κ2) is 8.75. The molecule has 4 rings (SSSR count). The molecule has 31 heavy (non-hydrogen) atoms. The zero-order valence-corrected chi connectivity index (χ0v) is 17.5. The number of rotatable bonds is 4. The van der Waals surface area contributed by atoms with Gasteiger partial charge in [-0.1, -0.05) is 11.6 Å². The number of pyridine rings is 3. The Hall–Kier alpha value is -3.43. The standard InChI is InChI=1S/C21H23ClN8O/c22-14-8-19(25)27-9-13(14)16-4-3-15(24)20(28-16)21(31)29-17-10-26-6-5-18(17)30-7-1-2-12(23)11-30/h3-6,8-10,12H,1-2,7,11,23-24H2,(H2,25,27)(H,29,31)/t12-/m0/s1. The fraction of sp³-hybridized carbons (Fsp3) is 0.238. The van der Waals surface area contributed by atoms with Crippen LogP contribution in [0.3, 0.4) is 0 Å². The first-order valence-corrected chi connectivity index (χ1v) is 10.2. The summed E-state index contributed by atoms with van der Waals surface area (Å²) in [7, 11) is 0. The third kappa shape index (κ3) is 4.52. The number of halogens is 1. The predicted octanol–water partition coefficient (Wildman–Crippen LogP) is 2.54. The molecule has 1 amide bonds. The van der Waals surface area contributed by atoms with Crippen molar-refractivity contribution < 1.29 is 4.79 Å².